The number of hydrogen-bond acceptors (Lipinski definition) is 2. The van der Waals surface area contributed by atoms with Crippen LogP contribution in [0.3, 0.4) is 0 Å². The summed E-state index contributed by atoms with van der Waals surface area (Å²) in [5, 5.41) is 2.02. The molecule has 2 rings (SSSR count). The number of nitrogens with zero attached hydrogens (tertiary/aromatic N) is 1. The number of nitrogens with one attached hydrogen (secondary N) is 1. The molecule has 0 saturated carbocycles. The maximum absolute atomic E-state index is 12.8. The van der Waals surface area contributed by atoms with Gasteiger partial charge in [0, 0.05) is 5.69 Å². The number of benzene rings is 1. The Labute approximate surface area is 124 Å². The van der Waals surface area contributed by atoms with E-state index in [1.807, 2.05) is 13.8 Å². The first-order valence-electron chi connectivity index (χ1n) is 6.14. The van der Waals surface area contributed by atoms with Crippen LogP contribution in [0.5, 0.6) is 0 Å². The van der Waals surface area contributed by atoms with Gasteiger partial charge in [-0.3, -0.25) is 4.90 Å². The predicted octanol–water partition coefficient (Wildman–Crippen LogP) is 3.96. The molecule has 21 heavy (non-hydrogen) atoms. The van der Waals surface area contributed by atoms with Crippen molar-refractivity contribution in [1.82, 2.24) is 4.90 Å². The van der Waals surface area contributed by atoms with Gasteiger partial charge in [0.05, 0.1) is 22.7 Å². The van der Waals surface area contributed by atoms with Gasteiger partial charge < -0.3 is 10.1 Å². The molecule has 0 bridgehead atoms. The Kier molecular flexibility index (Phi) is 4.08. The van der Waals surface area contributed by atoms with E-state index in [2.05, 4.69) is 5.32 Å². The Hall–Kier alpha value is -1.47. The maximum atomic E-state index is 12.8. The number of alkyl halides is 3. The summed E-state index contributed by atoms with van der Waals surface area (Å²) in [5.41, 5.74) is -1.47. The Morgan fingerprint density at radius 3 is 2.62 bits per heavy atom. The van der Waals surface area contributed by atoms with Gasteiger partial charge in [-0.15, -0.1) is 0 Å². The van der Waals surface area contributed by atoms with Gasteiger partial charge in [-0.1, -0.05) is 11.6 Å². The molecule has 1 aromatic carbocycles. The van der Waals surface area contributed by atoms with Crippen LogP contribution in [-0.4, -0.2) is 29.8 Å². The fraction of sp³-hybridized carbons (Fsp3) is 0.462. The molecule has 1 aliphatic rings. The summed E-state index contributed by atoms with van der Waals surface area (Å²) in [6, 6.07) is 2.71. The zero-order valence-corrected chi connectivity index (χ0v) is 12.2. The summed E-state index contributed by atoms with van der Waals surface area (Å²) < 4.78 is 43.5. The van der Waals surface area contributed by atoms with Crippen molar-refractivity contribution >= 4 is 23.3 Å². The second kappa shape index (κ2) is 5.38. The fourth-order valence-corrected chi connectivity index (χ4v) is 2.21. The number of carbonyl (C=O) groups is 1. The van der Waals surface area contributed by atoms with Crippen LogP contribution >= 0.6 is 11.6 Å². The van der Waals surface area contributed by atoms with Crippen LogP contribution in [0.1, 0.15) is 19.4 Å². The van der Waals surface area contributed by atoms with Gasteiger partial charge in [-0.2, -0.15) is 13.2 Å². The quantitative estimate of drug-likeness (QED) is 0.850. The summed E-state index contributed by atoms with van der Waals surface area (Å²) in [6.45, 7) is 4.08. The van der Waals surface area contributed by atoms with E-state index >= 15 is 0 Å². The molecule has 0 unspecified atom stereocenters. The fourth-order valence-electron chi connectivity index (χ4n) is 1.98. The number of ether oxygens (including phenoxy) is 1. The Bertz CT molecular complexity index is 561. The molecule has 4 nitrogen and oxygen atoms in total. The van der Waals surface area contributed by atoms with Gasteiger partial charge in [0.1, 0.15) is 6.73 Å². The third kappa shape index (κ3) is 3.41. The third-order valence-electron chi connectivity index (χ3n) is 3.17. The number of amides is 2. The van der Waals surface area contributed by atoms with E-state index in [0.717, 1.165) is 12.1 Å². The largest absolute Gasteiger partial charge is 0.417 e. The first kappa shape index (κ1) is 15.9. The molecule has 116 valence electrons. The molecule has 1 N–H and O–H groups in total. The van der Waals surface area contributed by atoms with Crippen molar-refractivity contribution in [3.8, 4) is 0 Å². The summed E-state index contributed by atoms with van der Waals surface area (Å²) in [6.07, 6.45) is -4.58. The highest BCUT2D eigenvalue weighted by atomic mass is 35.5. The van der Waals surface area contributed by atoms with Crippen molar-refractivity contribution in [1.29, 1.82) is 0 Å². The SMILES string of the molecule is CC1(C)COCN1C(=O)Nc1ccc(Cl)c(C(F)(F)F)c1. The summed E-state index contributed by atoms with van der Waals surface area (Å²) in [7, 11) is 0. The Balaban J connectivity index is 2.19. The van der Waals surface area contributed by atoms with E-state index in [9.17, 15) is 18.0 Å². The minimum absolute atomic E-state index is 0.0272. The average molecular weight is 323 g/mol. The van der Waals surface area contributed by atoms with Crippen molar-refractivity contribution < 1.29 is 22.7 Å². The molecule has 0 spiro atoms. The molecule has 1 fully saturated rings. The van der Waals surface area contributed by atoms with Crippen molar-refractivity contribution in [3.63, 3.8) is 0 Å². The first-order chi connectivity index (χ1) is 9.61. The smallest absolute Gasteiger partial charge is 0.359 e. The molecule has 2 amide bonds. The number of hydrogen-bond donors (Lipinski definition) is 1. The van der Waals surface area contributed by atoms with Crippen molar-refractivity contribution in [2.75, 3.05) is 18.7 Å². The Morgan fingerprint density at radius 1 is 1.43 bits per heavy atom. The molecule has 1 aliphatic heterocycles. The van der Waals surface area contributed by atoms with Gasteiger partial charge >= 0.3 is 12.2 Å². The first-order valence-corrected chi connectivity index (χ1v) is 6.52. The zero-order chi connectivity index (χ0) is 15.8. The van der Waals surface area contributed by atoms with Crippen LogP contribution in [0, 0.1) is 0 Å². The lowest BCUT2D eigenvalue weighted by Crippen LogP contribution is -2.46. The molecule has 0 radical (unpaired) electrons. The predicted molar refractivity (Wildman–Crippen MR) is 72.2 cm³/mol. The van der Waals surface area contributed by atoms with E-state index in [1.54, 1.807) is 0 Å². The van der Waals surface area contributed by atoms with Gasteiger partial charge in [0.15, 0.2) is 0 Å². The van der Waals surface area contributed by atoms with E-state index in [4.69, 9.17) is 16.3 Å². The van der Waals surface area contributed by atoms with Gasteiger partial charge in [-0.05, 0) is 32.0 Å². The van der Waals surface area contributed by atoms with Crippen LogP contribution in [0.15, 0.2) is 18.2 Å². The van der Waals surface area contributed by atoms with Crippen LogP contribution in [0.4, 0.5) is 23.7 Å². The molecule has 1 heterocycles. The maximum Gasteiger partial charge on any atom is 0.417 e. The van der Waals surface area contributed by atoms with Crippen molar-refractivity contribution in [2.45, 2.75) is 25.6 Å². The lowest BCUT2D eigenvalue weighted by atomic mass is 10.1. The van der Waals surface area contributed by atoms with Gasteiger partial charge in [0.2, 0.25) is 0 Å². The normalized spacial score (nSPS) is 17.9. The van der Waals surface area contributed by atoms with Crippen molar-refractivity contribution in [2.24, 2.45) is 0 Å². The summed E-state index contributed by atoms with van der Waals surface area (Å²) in [4.78, 5) is 13.5. The molecule has 8 heteroatoms. The topological polar surface area (TPSA) is 41.6 Å². The molecule has 1 aromatic rings. The number of urea groups is 1. The van der Waals surface area contributed by atoms with Crippen LogP contribution in [-0.2, 0) is 10.9 Å². The standard InChI is InChI=1S/C13H14ClF3N2O2/c1-12(2)6-21-7-19(12)11(20)18-8-3-4-10(14)9(5-8)13(15,16)17/h3-5H,6-7H2,1-2H3,(H,18,20). The van der Waals surface area contributed by atoms with E-state index < -0.39 is 28.3 Å². The lowest BCUT2D eigenvalue weighted by Gasteiger charge is -2.29. The van der Waals surface area contributed by atoms with Crippen LogP contribution in [0.2, 0.25) is 5.02 Å². The van der Waals surface area contributed by atoms with Crippen LogP contribution in [0.25, 0.3) is 0 Å². The number of rotatable bonds is 1. The van der Waals surface area contributed by atoms with Crippen molar-refractivity contribution in [3.05, 3.63) is 28.8 Å². The summed E-state index contributed by atoms with van der Waals surface area (Å²) in [5.74, 6) is 0. The minimum Gasteiger partial charge on any atom is -0.359 e. The Morgan fingerprint density at radius 2 is 2.10 bits per heavy atom. The molecule has 1 saturated heterocycles. The van der Waals surface area contributed by atoms with E-state index in [0.29, 0.717) is 6.61 Å². The van der Waals surface area contributed by atoms with Gasteiger partial charge in [0.25, 0.3) is 0 Å². The van der Waals surface area contributed by atoms with Gasteiger partial charge in [-0.25, -0.2) is 4.79 Å². The summed E-state index contributed by atoms with van der Waals surface area (Å²) >= 11 is 5.53. The third-order valence-corrected chi connectivity index (χ3v) is 3.50. The van der Waals surface area contributed by atoms with E-state index in [1.165, 1.54) is 11.0 Å². The highest BCUT2D eigenvalue weighted by molar-refractivity contribution is 6.31. The zero-order valence-electron chi connectivity index (χ0n) is 11.4. The highest BCUT2D eigenvalue weighted by Gasteiger charge is 2.37. The number of carbonyl (C=O) groups excluding carboxylic acids is 1. The second-order valence-electron chi connectivity index (χ2n) is 5.34. The molecular weight excluding hydrogens is 309 g/mol. The molecule has 0 aliphatic carbocycles. The molecular formula is C13H14ClF3N2O2. The monoisotopic (exact) mass is 322 g/mol. The highest BCUT2D eigenvalue weighted by Crippen LogP contribution is 2.36. The van der Waals surface area contributed by atoms with E-state index in [-0.39, 0.29) is 12.4 Å². The van der Waals surface area contributed by atoms with Crippen LogP contribution < -0.4 is 5.32 Å². The minimum atomic E-state index is -4.58. The lowest BCUT2D eigenvalue weighted by molar-refractivity contribution is -0.137. The molecule has 0 atom stereocenters. The number of anilines is 1. The average Bonchev–Trinajstić information content (AvgIpc) is 2.70. The molecule has 0 aromatic heterocycles. The number of halogens is 4. The second-order valence-corrected chi connectivity index (χ2v) is 5.75.